The van der Waals surface area contributed by atoms with Crippen LogP contribution >= 0.6 is 27.5 Å². The normalized spacial score (nSPS) is 15.6. The van der Waals surface area contributed by atoms with E-state index in [4.69, 9.17) is 27.2 Å². The van der Waals surface area contributed by atoms with E-state index in [0.29, 0.717) is 16.5 Å². The van der Waals surface area contributed by atoms with Gasteiger partial charge in [-0.25, -0.2) is 4.68 Å². The number of aromatic nitrogens is 2. The number of aryl methyl sites for hydroxylation is 1. The second-order valence-electron chi connectivity index (χ2n) is 6.72. The van der Waals surface area contributed by atoms with Gasteiger partial charge in [-0.1, -0.05) is 65.1 Å². The van der Waals surface area contributed by atoms with E-state index in [0.717, 1.165) is 39.8 Å². The molecule has 0 radical (unpaired) electrons. The third-order valence-electron chi connectivity index (χ3n) is 4.90. The first-order valence-electron chi connectivity index (χ1n) is 9.25. The van der Waals surface area contributed by atoms with Gasteiger partial charge in [-0.05, 0) is 36.2 Å². The molecule has 0 aliphatic carbocycles. The first-order chi connectivity index (χ1) is 14.1. The predicted molar refractivity (Wildman–Crippen MR) is 116 cm³/mol. The number of rotatable bonds is 4. The number of nitrogens with two attached hydrogens (primary N) is 1. The van der Waals surface area contributed by atoms with Crippen LogP contribution in [0.3, 0.4) is 0 Å². The second-order valence-corrected chi connectivity index (χ2v) is 7.98. The van der Waals surface area contributed by atoms with Crippen LogP contribution in [-0.2, 0) is 6.42 Å². The first-order valence-corrected chi connectivity index (χ1v) is 10.4. The average molecular weight is 470 g/mol. The van der Waals surface area contributed by atoms with Crippen molar-refractivity contribution < 1.29 is 4.74 Å². The lowest BCUT2D eigenvalue weighted by Crippen LogP contribution is -2.22. The Kier molecular flexibility index (Phi) is 5.35. The van der Waals surface area contributed by atoms with Gasteiger partial charge in [0.2, 0.25) is 11.8 Å². The zero-order valence-corrected chi connectivity index (χ0v) is 18.0. The average Bonchev–Trinajstić information content (AvgIpc) is 3.06. The van der Waals surface area contributed by atoms with Crippen LogP contribution in [-0.4, -0.2) is 9.78 Å². The molecule has 0 spiro atoms. The van der Waals surface area contributed by atoms with Crippen molar-refractivity contribution in [3.63, 3.8) is 0 Å². The highest BCUT2D eigenvalue weighted by Gasteiger charge is 2.38. The molecule has 3 aromatic rings. The quantitative estimate of drug-likeness (QED) is 0.550. The van der Waals surface area contributed by atoms with E-state index in [1.807, 2.05) is 48.5 Å². The standard InChI is InChI=1S/C22H18BrClN4O/c1-2-7-17-20-18(19-15(23)10-6-11-16(19)24)14(12-25)21(26)29-22(20)28(27-17)13-8-4-3-5-9-13/h3-6,8-11,18H,2,7,26H2,1H3/t18-/m0/s1. The molecule has 0 amide bonds. The highest BCUT2D eigenvalue weighted by atomic mass is 79.9. The van der Waals surface area contributed by atoms with Gasteiger partial charge in [0, 0.05) is 9.50 Å². The molecule has 0 saturated heterocycles. The lowest BCUT2D eigenvalue weighted by atomic mass is 9.83. The summed E-state index contributed by atoms with van der Waals surface area (Å²) in [4.78, 5) is 0. The highest BCUT2D eigenvalue weighted by Crippen LogP contribution is 2.48. The van der Waals surface area contributed by atoms with Gasteiger partial charge < -0.3 is 10.5 Å². The van der Waals surface area contributed by atoms with Crippen LogP contribution in [0.1, 0.15) is 36.1 Å². The van der Waals surface area contributed by atoms with Crippen LogP contribution < -0.4 is 10.5 Å². The summed E-state index contributed by atoms with van der Waals surface area (Å²) in [5.41, 5.74) is 9.86. The molecule has 1 aliphatic heterocycles. The molecular weight excluding hydrogens is 452 g/mol. The van der Waals surface area contributed by atoms with Crippen LogP contribution in [0.5, 0.6) is 5.88 Å². The number of hydrogen-bond donors (Lipinski definition) is 1. The van der Waals surface area contributed by atoms with Crippen LogP contribution in [0.4, 0.5) is 0 Å². The van der Waals surface area contributed by atoms with Crippen molar-refractivity contribution >= 4 is 27.5 Å². The summed E-state index contributed by atoms with van der Waals surface area (Å²) in [5.74, 6) is 0.121. The fourth-order valence-corrected chi connectivity index (χ4v) is 4.64. The van der Waals surface area contributed by atoms with Gasteiger partial charge in [0.05, 0.1) is 22.9 Å². The molecule has 0 fully saturated rings. The molecule has 1 aliphatic rings. The van der Waals surface area contributed by atoms with Crippen LogP contribution in [0.25, 0.3) is 5.69 Å². The Hall–Kier alpha value is -2.75. The van der Waals surface area contributed by atoms with E-state index in [1.54, 1.807) is 4.68 Å². The maximum absolute atomic E-state index is 9.89. The van der Waals surface area contributed by atoms with Gasteiger partial charge in [-0.2, -0.15) is 10.4 Å². The molecule has 5 nitrogen and oxygen atoms in total. The Balaban J connectivity index is 2.04. The maximum atomic E-state index is 9.89. The number of allylic oxidation sites excluding steroid dienone is 1. The molecule has 4 rings (SSSR count). The topological polar surface area (TPSA) is 76.9 Å². The zero-order chi connectivity index (χ0) is 20.5. The zero-order valence-electron chi connectivity index (χ0n) is 15.7. The number of hydrogen-bond acceptors (Lipinski definition) is 4. The van der Waals surface area contributed by atoms with E-state index in [9.17, 15) is 5.26 Å². The Morgan fingerprint density at radius 1 is 1.21 bits per heavy atom. The monoisotopic (exact) mass is 468 g/mol. The molecule has 146 valence electrons. The van der Waals surface area contributed by atoms with Gasteiger partial charge in [-0.3, -0.25) is 0 Å². The Labute approximate surface area is 182 Å². The van der Waals surface area contributed by atoms with E-state index >= 15 is 0 Å². The van der Waals surface area contributed by atoms with Gasteiger partial charge in [0.1, 0.15) is 11.6 Å². The summed E-state index contributed by atoms with van der Waals surface area (Å²) >= 11 is 10.2. The lowest BCUT2D eigenvalue weighted by Gasteiger charge is -2.26. The number of nitriles is 1. The molecule has 0 bridgehead atoms. The fourth-order valence-electron chi connectivity index (χ4n) is 3.65. The summed E-state index contributed by atoms with van der Waals surface area (Å²) in [6, 6.07) is 17.5. The van der Waals surface area contributed by atoms with Crippen molar-refractivity contribution in [1.82, 2.24) is 9.78 Å². The predicted octanol–water partition coefficient (Wildman–Crippen LogP) is 5.46. The SMILES string of the molecule is CCCc1nn(-c2ccccc2)c2c1[C@H](c1c(Cl)cccc1Br)C(C#N)=C(N)O2. The van der Waals surface area contributed by atoms with E-state index < -0.39 is 5.92 Å². The molecule has 2 heterocycles. The van der Waals surface area contributed by atoms with Crippen LogP contribution in [0, 0.1) is 11.3 Å². The van der Waals surface area contributed by atoms with Gasteiger partial charge >= 0.3 is 0 Å². The number of para-hydroxylation sites is 1. The highest BCUT2D eigenvalue weighted by molar-refractivity contribution is 9.10. The summed E-state index contributed by atoms with van der Waals surface area (Å²) in [6.45, 7) is 2.09. The number of ether oxygens (including phenoxy) is 1. The minimum atomic E-state index is -0.467. The third-order valence-corrected chi connectivity index (χ3v) is 5.92. The molecule has 7 heteroatoms. The van der Waals surface area contributed by atoms with Gasteiger partial charge in [-0.15, -0.1) is 0 Å². The third kappa shape index (κ3) is 3.31. The van der Waals surface area contributed by atoms with Crippen molar-refractivity contribution in [3.05, 3.63) is 86.3 Å². The van der Waals surface area contributed by atoms with E-state index in [-0.39, 0.29) is 5.88 Å². The molecule has 1 atom stereocenters. The Morgan fingerprint density at radius 3 is 2.62 bits per heavy atom. The second kappa shape index (κ2) is 7.94. The fraction of sp³-hybridized carbons (Fsp3) is 0.182. The Bertz CT molecular complexity index is 1130. The number of benzene rings is 2. The lowest BCUT2D eigenvalue weighted by molar-refractivity contribution is 0.367. The molecule has 29 heavy (non-hydrogen) atoms. The summed E-state index contributed by atoms with van der Waals surface area (Å²) in [5, 5.41) is 15.3. The number of fused-ring (bicyclic) bond motifs is 1. The minimum Gasteiger partial charge on any atom is -0.422 e. The van der Waals surface area contributed by atoms with E-state index in [2.05, 4.69) is 28.9 Å². The van der Waals surface area contributed by atoms with E-state index in [1.165, 1.54) is 0 Å². The van der Waals surface area contributed by atoms with Gasteiger partial charge in [0.15, 0.2) is 0 Å². The minimum absolute atomic E-state index is 0.0666. The molecule has 2 aromatic carbocycles. The van der Waals surface area contributed by atoms with Crippen LogP contribution in [0.15, 0.2) is 64.5 Å². The maximum Gasteiger partial charge on any atom is 0.229 e. The number of halogens is 2. The molecule has 0 unspecified atom stereocenters. The molecule has 2 N–H and O–H groups in total. The van der Waals surface area contributed by atoms with Crippen molar-refractivity contribution in [1.29, 1.82) is 5.26 Å². The summed E-state index contributed by atoms with van der Waals surface area (Å²) < 4.78 is 8.51. The van der Waals surface area contributed by atoms with Crippen molar-refractivity contribution in [2.45, 2.75) is 25.7 Å². The van der Waals surface area contributed by atoms with Gasteiger partial charge in [0.25, 0.3) is 0 Å². The van der Waals surface area contributed by atoms with Crippen molar-refractivity contribution in [2.75, 3.05) is 0 Å². The summed E-state index contributed by atoms with van der Waals surface area (Å²) in [7, 11) is 0. The largest absolute Gasteiger partial charge is 0.422 e. The molecular formula is C22H18BrClN4O. The molecule has 0 saturated carbocycles. The van der Waals surface area contributed by atoms with Crippen LogP contribution in [0.2, 0.25) is 5.02 Å². The first kappa shape index (κ1) is 19.6. The van der Waals surface area contributed by atoms with Crippen molar-refractivity contribution in [3.8, 4) is 17.6 Å². The van der Waals surface area contributed by atoms with Crippen molar-refractivity contribution in [2.24, 2.45) is 5.73 Å². The number of nitrogens with zero attached hydrogens (tertiary/aromatic N) is 3. The Morgan fingerprint density at radius 2 is 1.97 bits per heavy atom. The smallest absolute Gasteiger partial charge is 0.229 e. The summed E-state index contributed by atoms with van der Waals surface area (Å²) in [6.07, 6.45) is 1.64. The molecule has 1 aromatic heterocycles.